The summed E-state index contributed by atoms with van der Waals surface area (Å²) < 4.78 is 0. The Labute approximate surface area is 68.0 Å². The summed E-state index contributed by atoms with van der Waals surface area (Å²) in [5.41, 5.74) is 2.65. The van der Waals surface area contributed by atoms with Gasteiger partial charge in [-0.3, -0.25) is 4.99 Å². The van der Waals surface area contributed by atoms with Crippen LogP contribution in [0.2, 0.25) is 0 Å². The molecule has 1 aliphatic carbocycles. The van der Waals surface area contributed by atoms with Gasteiger partial charge in [-0.2, -0.15) is 0 Å². The fourth-order valence-corrected chi connectivity index (χ4v) is 0.960. The van der Waals surface area contributed by atoms with Crippen LogP contribution in [0.5, 0.6) is 0 Å². The molecular formula is C8H17N3. The predicted octanol–water partition coefficient (Wildman–Crippen LogP) is 1.06. The van der Waals surface area contributed by atoms with Crippen molar-refractivity contribution in [2.75, 3.05) is 0 Å². The molecule has 0 unspecified atom stereocenters. The molecule has 1 fully saturated rings. The summed E-state index contributed by atoms with van der Waals surface area (Å²) in [6, 6.07) is 0.569. The topological polar surface area (TPSA) is 50.4 Å². The van der Waals surface area contributed by atoms with Crippen LogP contribution in [0.4, 0.5) is 0 Å². The van der Waals surface area contributed by atoms with Gasteiger partial charge in [-0.1, -0.05) is 13.8 Å². The zero-order valence-electron chi connectivity index (χ0n) is 7.30. The molecule has 0 saturated heterocycles. The average Bonchev–Trinajstić information content (AvgIpc) is 2.69. The van der Waals surface area contributed by atoms with E-state index in [0.29, 0.717) is 12.0 Å². The van der Waals surface area contributed by atoms with Crippen LogP contribution < -0.4 is 11.3 Å². The summed E-state index contributed by atoms with van der Waals surface area (Å²) in [6.45, 7) is 4.33. The van der Waals surface area contributed by atoms with E-state index in [1.807, 2.05) is 0 Å². The number of aliphatic imine (C=N–C) groups is 1. The highest BCUT2D eigenvalue weighted by Crippen LogP contribution is 2.23. The quantitative estimate of drug-likeness (QED) is 0.277. The molecule has 0 radical (unpaired) electrons. The third-order valence-corrected chi connectivity index (χ3v) is 1.65. The van der Waals surface area contributed by atoms with Crippen LogP contribution >= 0.6 is 0 Å². The van der Waals surface area contributed by atoms with E-state index in [-0.39, 0.29) is 0 Å². The Bertz CT molecular complexity index is 147. The summed E-state index contributed by atoms with van der Waals surface area (Å²) in [4.78, 5) is 4.43. The fourth-order valence-electron chi connectivity index (χ4n) is 0.960. The maximum atomic E-state index is 5.32. The molecule has 1 saturated carbocycles. The van der Waals surface area contributed by atoms with E-state index in [9.17, 15) is 0 Å². The number of nitrogens with one attached hydrogen (secondary N) is 1. The minimum Gasteiger partial charge on any atom is -0.312 e. The minimum atomic E-state index is 0.569. The molecule has 1 rings (SSSR count). The molecule has 3 N–H and O–H groups in total. The van der Waals surface area contributed by atoms with Gasteiger partial charge in [0.05, 0.1) is 6.04 Å². The summed E-state index contributed by atoms with van der Waals surface area (Å²) in [5.74, 6) is 6.91. The van der Waals surface area contributed by atoms with E-state index in [0.717, 1.165) is 12.3 Å². The second-order valence-electron chi connectivity index (χ2n) is 3.55. The SMILES string of the molecule is CC(C)CC(=NC1CC1)NN. The maximum Gasteiger partial charge on any atom is 0.111 e. The normalized spacial score (nSPS) is 19.1. The molecule has 64 valence electrons. The molecule has 0 amide bonds. The minimum absolute atomic E-state index is 0.569. The first kappa shape index (κ1) is 8.53. The monoisotopic (exact) mass is 155 g/mol. The predicted molar refractivity (Wildman–Crippen MR) is 47.2 cm³/mol. The number of nitrogens with two attached hydrogens (primary N) is 1. The van der Waals surface area contributed by atoms with Gasteiger partial charge in [0.1, 0.15) is 5.84 Å². The Kier molecular flexibility index (Phi) is 2.88. The van der Waals surface area contributed by atoms with Crippen molar-refractivity contribution in [3.05, 3.63) is 0 Å². The van der Waals surface area contributed by atoms with Gasteiger partial charge in [-0.15, -0.1) is 0 Å². The van der Waals surface area contributed by atoms with Gasteiger partial charge in [-0.25, -0.2) is 5.84 Å². The summed E-state index contributed by atoms with van der Waals surface area (Å²) in [6.07, 6.45) is 3.44. The third-order valence-electron chi connectivity index (χ3n) is 1.65. The largest absolute Gasteiger partial charge is 0.312 e. The highest BCUT2D eigenvalue weighted by molar-refractivity contribution is 5.82. The van der Waals surface area contributed by atoms with E-state index in [1.54, 1.807) is 0 Å². The van der Waals surface area contributed by atoms with Gasteiger partial charge in [0.15, 0.2) is 0 Å². The van der Waals surface area contributed by atoms with Gasteiger partial charge in [-0.05, 0) is 18.8 Å². The highest BCUT2D eigenvalue weighted by Gasteiger charge is 2.20. The molecule has 0 heterocycles. The molecule has 0 bridgehead atoms. The number of hydrogen-bond donors (Lipinski definition) is 2. The molecule has 0 aliphatic heterocycles. The lowest BCUT2D eigenvalue weighted by Crippen LogP contribution is -2.31. The highest BCUT2D eigenvalue weighted by atomic mass is 15.3. The van der Waals surface area contributed by atoms with Crippen molar-refractivity contribution in [1.82, 2.24) is 5.43 Å². The molecule has 11 heavy (non-hydrogen) atoms. The Hall–Kier alpha value is -0.570. The zero-order valence-corrected chi connectivity index (χ0v) is 7.30. The van der Waals surface area contributed by atoms with Gasteiger partial charge in [0, 0.05) is 6.42 Å². The van der Waals surface area contributed by atoms with Gasteiger partial charge < -0.3 is 5.43 Å². The summed E-state index contributed by atoms with van der Waals surface area (Å²) >= 11 is 0. The van der Waals surface area contributed by atoms with Crippen LogP contribution in [0.15, 0.2) is 4.99 Å². The average molecular weight is 155 g/mol. The zero-order chi connectivity index (χ0) is 8.27. The molecule has 0 spiro atoms. The maximum absolute atomic E-state index is 5.32. The first-order chi connectivity index (χ1) is 5.22. The third kappa shape index (κ3) is 3.37. The van der Waals surface area contributed by atoms with Crippen molar-refractivity contribution in [2.45, 2.75) is 39.2 Å². The lowest BCUT2D eigenvalue weighted by molar-refractivity contribution is 0.666. The number of nitrogens with zero attached hydrogens (tertiary/aromatic N) is 1. The second-order valence-corrected chi connectivity index (χ2v) is 3.55. The van der Waals surface area contributed by atoms with E-state index in [4.69, 9.17) is 5.84 Å². The van der Waals surface area contributed by atoms with E-state index >= 15 is 0 Å². The number of hydrazine groups is 1. The Balaban J connectivity index is 2.34. The van der Waals surface area contributed by atoms with Crippen molar-refractivity contribution < 1.29 is 0 Å². The lowest BCUT2D eigenvalue weighted by Gasteiger charge is -2.07. The Morgan fingerprint density at radius 2 is 2.27 bits per heavy atom. The number of rotatable bonds is 3. The number of hydrogen-bond acceptors (Lipinski definition) is 2. The summed E-state index contributed by atoms with van der Waals surface area (Å²) in [7, 11) is 0. The number of amidine groups is 1. The standard InChI is InChI=1S/C8H17N3/c1-6(2)5-8(11-9)10-7-3-4-7/h6-7H,3-5,9H2,1-2H3,(H,10,11). The van der Waals surface area contributed by atoms with Crippen LogP contribution in [0.1, 0.15) is 33.1 Å². The van der Waals surface area contributed by atoms with Gasteiger partial charge in [0.25, 0.3) is 0 Å². The van der Waals surface area contributed by atoms with Crippen molar-refractivity contribution in [3.63, 3.8) is 0 Å². The second kappa shape index (κ2) is 3.72. The van der Waals surface area contributed by atoms with Crippen LogP contribution in [-0.2, 0) is 0 Å². The van der Waals surface area contributed by atoms with E-state index < -0.39 is 0 Å². The Morgan fingerprint density at radius 1 is 1.64 bits per heavy atom. The summed E-state index contributed by atoms with van der Waals surface area (Å²) in [5, 5.41) is 0. The first-order valence-corrected chi connectivity index (χ1v) is 4.25. The van der Waals surface area contributed by atoms with Crippen LogP contribution in [0.25, 0.3) is 0 Å². The van der Waals surface area contributed by atoms with Crippen LogP contribution in [0.3, 0.4) is 0 Å². The molecule has 0 aromatic rings. The van der Waals surface area contributed by atoms with Crippen LogP contribution in [0, 0.1) is 5.92 Å². The first-order valence-electron chi connectivity index (χ1n) is 4.25. The molecule has 3 nitrogen and oxygen atoms in total. The molecule has 3 heteroatoms. The lowest BCUT2D eigenvalue weighted by atomic mass is 10.1. The Morgan fingerprint density at radius 3 is 2.64 bits per heavy atom. The molecule has 0 atom stereocenters. The smallest absolute Gasteiger partial charge is 0.111 e. The van der Waals surface area contributed by atoms with E-state index in [2.05, 4.69) is 24.3 Å². The molecule has 0 aromatic carbocycles. The van der Waals surface area contributed by atoms with Crippen LogP contribution in [-0.4, -0.2) is 11.9 Å². The van der Waals surface area contributed by atoms with Crippen molar-refractivity contribution in [3.8, 4) is 0 Å². The van der Waals surface area contributed by atoms with Crippen molar-refractivity contribution in [1.29, 1.82) is 0 Å². The molecule has 1 aliphatic rings. The van der Waals surface area contributed by atoms with Crippen molar-refractivity contribution >= 4 is 5.84 Å². The molecular weight excluding hydrogens is 138 g/mol. The molecule has 0 aromatic heterocycles. The van der Waals surface area contributed by atoms with Gasteiger partial charge in [0.2, 0.25) is 0 Å². The fraction of sp³-hybridized carbons (Fsp3) is 0.875. The van der Waals surface area contributed by atoms with Crippen molar-refractivity contribution in [2.24, 2.45) is 16.8 Å². The van der Waals surface area contributed by atoms with E-state index in [1.165, 1.54) is 12.8 Å². The van der Waals surface area contributed by atoms with Gasteiger partial charge >= 0.3 is 0 Å².